The van der Waals surface area contributed by atoms with Gasteiger partial charge in [-0.1, -0.05) is 265 Å². The molecule has 0 heteroatoms. The number of hydrogen-bond acceptors (Lipinski definition) is 0. The predicted octanol–water partition coefficient (Wildman–Crippen LogP) is 17.8. The largest absolute Gasteiger partial charge is 0.0683 e. The fourth-order valence-corrected chi connectivity index (χ4v) is 6.11. The van der Waals surface area contributed by atoms with Gasteiger partial charge in [0.2, 0.25) is 0 Å². The van der Waals surface area contributed by atoms with E-state index in [1.165, 1.54) is 66.8 Å². The molecule has 0 heterocycles. The molecular formula is C54H66. The van der Waals surface area contributed by atoms with E-state index in [9.17, 15) is 0 Å². The smallest absolute Gasteiger partial charge is 0.00139 e. The van der Waals surface area contributed by atoms with Crippen molar-refractivity contribution in [3.63, 3.8) is 0 Å². The second kappa shape index (κ2) is 28.1. The normalized spacial score (nSPS) is 9.11. The molecule has 54 heavy (non-hydrogen) atoms. The van der Waals surface area contributed by atoms with Crippen molar-refractivity contribution < 1.29 is 0 Å². The van der Waals surface area contributed by atoms with Gasteiger partial charge in [-0.2, -0.15) is 0 Å². The molecule has 0 atom stereocenters. The van der Waals surface area contributed by atoms with Crippen LogP contribution in [0.25, 0.3) is 66.8 Å². The number of rotatable bonds is 6. The third kappa shape index (κ3) is 11.8. The molecule has 0 N–H and O–H groups in total. The van der Waals surface area contributed by atoms with E-state index < -0.39 is 0 Å². The van der Waals surface area contributed by atoms with Crippen molar-refractivity contribution in [2.45, 2.75) is 83.1 Å². The Labute approximate surface area is 330 Å². The second-order valence-electron chi connectivity index (χ2n) is 10.4. The highest BCUT2D eigenvalue weighted by Crippen LogP contribution is 2.55. The lowest BCUT2D eigenvalue weighted by molar-refractivity contribution is 1.50. The standard InChI is InChI=1S/C42H30.6C2H6/c1-7-19-31(20-8-1)37-38(32-21-9-2-10-22-32)40(34-25-13-4-14-26-34)42(36-29-17-6-18-30-36)41(35-27-15-5-16-28-35)39(37)33-23-11-3-12-24-33;6*1-2/h1-30H;6*1-2H3. The van der Waals surface area contributed by atoms with E-state index in [1.807, 2.05) is 83.1 Å². The van der Waals surface area contributed by atoms with Crippen molar-refractivity contribution in [1.29, 1.82) is 0 Å². The summed E-state index contributed by atoms with van der Waals surface area (Å²) < 4.78 is 0. The molecule has 0 fully saturated rings. The first-order chi connectivity index (χ1) is 26.9. The van der Waals surface area contributed by atoms with E-state index >= 15 is 0 Å². The minimum Gasteiger partial charge on any atom is -0.0683 e. The van der Waals surface area contributed by atoms with Gasteiger partial charge in [-0.15, -0.1) is 0 Å². The highest BCUT2D eigenvalue weighted by molar-refractivity contribution is 6.15. The summed E-state index contributed by atoms with van der Waals surface area (Å²) in [7, 11) is 0. The molecule has 0 saturated carbocycles. The molecular weight excluding hydrogens is 649 g/mol. The summed E-state index contributed by atoms with van der Waals surface area (Å²) in [5.41, 5.74) is 14.6. The van der Waals surface area contributed by atoms with Crippen LogP contribution in [0.1, 0.15) is 83.1 Å². The monoisotopic (exact) mass is 715 g/mol. The van der Waals surface area contributed by atoms with Gasteiger partial charge in [0.05, 0.1) is 0 Å². The van der Waals surface area contributed by atoms with Crippen LogP contribution in [0.3, 0.4) is 0 Å². The van der Waals surface area contributed by atoms with Crippen molar-refractivity contribution >= 4 is 0 Å². The summed E-state index contributed by atoms with van der Waals surface area (Å²) in [5.74, 6) is 0. The maximum Gasteiger partial charge on any atom is -0.00139 e. The van der Waals surface area contributed by atoms with Gasteiger partial charge in [0, 0.05) is 0 Å². The lowest BCUT2D eigenvalue weighted by Gasteiger charge is -2.28. The molecule has 0 amide bonds. The minimum atomic E-state index is 1.20. The van der Waals surface area contributed by atoms with E-state index in [-0.39, 0.29) is 0 Å². The Balaban J connectivity index is 0.00000111. The number of benzene rings is 7. The van der Waals surface area contributed by atoms with Crippen LogP contribution in [0.2, 0.25) is 0 Å². The zero-order valence-corrected chi connectivity index (χ0v) is 35.3. The average Bonchev–Trinajstić information content (AvgIpc) is 3.31. The van der Waals surface area contributed by atoms with Crippen LogP contribution < -0.4 is 0 Å². The second-order valence-corrected chi connectivity index (χ2v) is 10.4. The van der Waals surface area contributed by atoms with Crippen LogP contribution in [0.15, 0.2) is 182 Å². The van der Waals surface area contributed by atoms with Crippen LogP contribution in [0.5, 0.6) is 0 Å². The summed E-state index contributed by atoms with van der Waals surface area (Å²) in [4.78, 5) is 0. The maximum absolute atomic E-state index is 2.25. The van der Waals surface area contributed by atoms with Crippen LogP contribution in [-0.4, -0.2) is 0 Å². The number of hydrogen-bond donors (Lipinski definition) is 0. The fourth-order valence-electron chi connectivity index (χ4n) is 6.11. The van der Waals surface area contributed by atoms with Crippen molar-refractivity contribution in [1.82, 2.24) is 0 Å². The van der Waals surface area contributed by atoms with Crippen LogP contribution in [-0.2, 0) is 0 Å². The third-order valence-electron chi connectivity index (χ3n) is 7.87. The molecule has 0 saturated heterocycles. The summed E-state index contributed by atoms with van der Waals surface area (Å²) in [5, 5.41) is 0. The summed E-state index contributed by atoms with van der Waals surface area (Å²) in [6.07, 6.45) is 0. The van der Waals surface area contributed by atoms with Gasteiger partial charge in [-0.25, -0.2) is 0 Å². The predicted molar refractivity (Wildman–Crippen MR) is 247 cm³/mol. The van der Waals surface area contributed by atoms with Crippen LogP contribution >= 0.6 is 0 Å². The summed E-state index contributed by atoms with van der Waals surface area (Å²) in [6, 6.07) is 65.4. The Hall–Kier alpha value is -5.46. The van der Waals surface area contributed by atoms with Gasteiger partial charge >= 0.3 is 0 Å². The Kier molecular flexibility index (Phi) is 24.2. The first-order valence-electron chi connectivity index (χ1n) is 20.5. The lowest BCUT2D eigenvalue weighted by atomic mass is 9.74. The molecule has 0 unspecified atom stereocenters. The van der Waals surface area contributed by atoms with Crippen molar-refractivity contribution in [3.8, 4) is 66.8 Å². The molecule has 0 aliphatic rings. The fraction of sp³-hybridized carbons (Fsp3) is 0.222. The van der Waals surface area contributed by atoms with Crippen LogP contribution in [0.4, 0.5) is 0 Å². The summed E-state index contributed by atoms with van der Waals surface area (Å²) in [6.45, 7) is 24.0. The molecule has 0 spiro atoms. The third-order valence-corrected chi connectivity index (χ3v) is 7.87. The van der Waals surface area contributed by atoms with Gasteiger partial charge in [0.25, 0.3) is 0 Å². The van der Waals surface area contributed by atoms with E-state index in [4.69, 9.17) is 0 Å². The highest BCUT2D eigenvalue weighted by Gasteiger charge is 2.28. The van der Waals surface area contributed by atoms with Gasteiger partial charge in [0.15, 0.2) is 0 Å². The highest BCUT2D eigenvalue weighted by atomic mass is 14.3. The zero-order chi connectivity index (χ0) is 40.1. The van der Waals surface area contributed by atoms with Gasteiger partial charge < -0.3 is 0 Å². The zero-order valence-electron chi connectivity index (χ0n) is 35.3. The molecule has 0 nitrogen and oxygen atoms in total. The minimum absolute atomic E-state index is 1.20. The molecule has 282 valence electrons. The van der Waals surface area contributed by atoms with E-state index in [0.29, 0.717) is 0 Å². The van der Waals surface area contributed by atoms with E-state index in [2.05, 4.69) is 182 Å². The first-order valence-corrected chi connectivity index (χ1v) is 20.5. The van der Waals surface area contributed by atoms with Crippen LogP contribution in [0, 0.1) is 0 Å². The lowest BCUT2D eigenvalue weighted by Crippen LogP contribution is -2.02. The Morgan fingerprint density at radius 3 is 0.333 bits per heavy atom. The van der Waals surface area contributed by atoms with E-state index in [1.54, 1.807) is 0 Å². The maximum atomic E-state index is 2.25. The van der Waals surface area contributed by atoms with Crippen molar-refractivity contribution in [3.05, 3.63) is 182 Å². The SMILES string of the molecule is CC.CC.CC.CC.CC.CC.c1ccc(-c2c(-c3ccccc3)c(-c3ccccc3)c(-c3ccccc3)c(-c3ccccc3)c2-c2ccccc2)cc1. The first kappa shape index (κ1) is 46.6. The Morgan fingerprint density at radius 2 is 0.241 bits per heavy atom. The van der Waals surface area contributed by atoms with E-state index in [0.717, 1.165) is 0 Å². The Morgan fingerprint density at radius 1 is 0.148 bits per heavy atom. The average molecular weight is 715 g/mol. The van der Waals surface area contributed by atoms with Gasteiger partial charge in [-0.3, -0.25) is 0 Å². The molecule has 7 rings (SSSR count). The summed E-state index contributed by atoms with van der Waals surface area (Å²) >= 11 is 0. The molecule has 0 aliphatic carbocycles. The molecule has 0 aromatic heterocycles. The van der Waals surface area contributed by atoms with Crippen molar-refractivity contribution in [2.24, 2.45) is 0 Å². The molecule has 7 aromatic carbocycles. The molecule has 0 aliphatic heterocycles. The van der Waals surface area contributed by atoms with Crippen molar-refractivity contribution in [2.75, 3.05) is 0 Å². The van der Waals surface area contributed by atoms with Gasteiger partial charge in [0.1, 0.15) is 0 Å². The molecule has 7 aromatic rings. The Bertz CT molecular complexity index is 1510. The molecule has 0 radical (unpaired) electrons. The molecule has 0 bridgehead atoms. The van der Waals surface area contributed by atoms with Gasteiger partial charge in [-0.05, 0) is 66.8 Å². The topological polar surface area (TPSA) is 0 Å². The quantitative estimate of drug-likeness (QED) is 0.161.